The molecule has 1 rings (SSSR count). The molecule has 0 atom stereocenters. The van der Waals surface area contributed by atoms with Crippen LogP contribution in [0.15, 0.2) is 12.1 Å². The first-order chi connectivity index (χ1) is 10.2. The van der Waals surface area contributed by atoms with Gasteiger partial charge < -0.3 is 15.1 Å². The van der Waals surface area contributed by atoms with Crippen molar-refractivity contribution in [3.8, 4) is 0 Å². The number of nitrogens with zero attached hydrogens (tertiary/aromatic N) is 3. The van der Waals surface area contributed by atoms with Gasteiger partial charge in [0.1, 0.15) is 5.82 Å². The van der Waals surface area contributed by atoms with Gasteiger partial charge >= 0.3 is 0 Å². The Labute approximate surface area is 134 Å². The second kappa shape index (κ2) is 9.98. The number of halogens is 1. The molecule has 0 aromatic carbocycles. The highest BCUT2D eigenvalue weighted by atomic mass is 35.5. The van der Waals surface area contributed by atoms with Crippen molar-refractivity contribution in [2.75, 3.05) is 44.7 Å². The number of hydrogen-bond acceptors (Lipinski definition) is 4. The minimum absolute atomic E-state index is 0.698. The van der Waals surface area contributed by atoms with Crippen molar-refractivity contribution < 1.29 is 0 Å². The molecule has 0 amide bonds. The topological polar surface area (TPSA) is 31.4 Å². The quantitative estimate of drug-likeness (QED) is 0.719. The molecule has 0 spiro atoms. The molecule has 1 aromatic rings. The van der Waals surface area contributed by atoms with E-state index < -0.39 is 0 Å². The van der Waals surface area contributed by atoms with Crippen molar-refractivity contribution in [2.45, 2.75) is 33.7 Å². The Balaban J connectivity index is 2.65. The summed E-state index contributed by atoms with van der Waals surface area (Å²) in [6.07, 6.45) is 1.15. The summed E-state index contributed by atoms with van der Waals surface area (Å²) in [6, 6.07) is 3.96. The summed E-state index contributed by atoms with van der Waals surface area (Å²) in [4.78, 5) is 9.46. The lowest BCUT2D eigenvalue weighted by Crippen LogP contribution is -2.30. The van der Waals surface area contributed by atoms with Crippen molar-refractivity contribution in [3.63, 3.8) is 0 Å². The smallest absolute Gasteiger partial charge is 0.128 e. The van der Waals surface area contributed by atoms with Gasteiger partial charge in [-0.05, 0) is 52.2 Å². The number of hydrogen-bond donors (Lipinski definition) is 1. The average Bonchev–Trinajstić information content (AvgIpc) is 2.50. The highest BCUT2D eigenvalue weighted by molar-refractivity contribution is 6.31. The third kappa shape index (κ3) is 5.81. The molecule has 0 aliphatic carbocycles. The molecular formula is C16H29ClN4. The molecule has 0 saturated heterocycles. The second-order valence-corrected chi connectivity index (χ2v) is 5.50. The van der Waals surface area contributed by atoms with Crippen LogP contribution in [-0.4, -0.2) is 49.7 Å². The Morgan fingerprint density at radius 3 is 2.38 bits per heavy atom. The molecule has 4 nitrogen and oxygen atoms in total. The number of rotatable bonds is 10. The van der Waals surface area contributed by atoms with E-state index in [0.29, 0.717) is 6.54 Å². The number of nitrogens with one attached hydrogen (secondary N) is 1. The molecule has 1 N–H and O–H groups in total. The maximum atomic E-state index is 6.18. The Morgan fingerprint density at radius 2 is 1.81 bits per heavy atom. The van der Waals surface area contributed by atoms with E-state index in [4.69, 9.17) is 11.6 Å². The van der Waals surface area contributed by atoms with Gasteiger partial charge in [0.25, 0.3) is 0 Å². The van der Waals surface area contributed by atoms with Crippen LogP contribution in [-0.2, 0) is 6.54 Å². The molecule has 0 unspecified atom stereocenters. The van der Waals surface area contributed by atoms with E-state index in [1.54, 1.807) is 0 Å². The van der Waals surface area contributed by atoms with Crippen LogP contribution in [0.1, 0.15) is 32.9 Å². The predicted octanol–water partition coefficient (Wildman–Crippen LogP) is 3.01. The SMILES string of the molecule is CCN(CC)CCCN(CC)c1ccc(Cl)c(CNC)n1. The molecule has 0 saturated carbocycles. The summed E-state index contributed by atoms with van der Waals surface area (Å²) in [5.41, 5.74) is 0.916. The van der Waals surface area contributed by atoms with E-state index in [1.807, 2.05) is 19.2 Å². The van der Waals surface area contributed by atoms with Crippen molar-refractivity contribution in [1.29, 1.82) is 0 Å². The maximum absolute atomic E-state index is 6.18. The van der Waals surface area contributed by atoms with Crippen LogP contribution in [0.5, 0.6) is 0 Å². The third-order valence-electron chi connectivity index (χ3n) is 3.75. The van der Waals surface area contributed by atoms with Gasteiger partial charge in [0, 0.05) is 19.6 Å². The Kier molecular flexibility index (Phi) is 8.66. The zero-order chi connectivity index (χ0) is 15.7. The van der Waals surface area contributed by atoms with E-state index in [9.17, 15) is 0 Å². The molecule has 0 radical (unpaired) electrons. The summed E-state index contributed by atoms with van der Waals surface area (Å²) < 4.78 is 0. The van der Waals surface area contributed by atoms with Gasteiger partial charge in [-0.3, -0.25) is 0 Å². The summed E-state index contributed by atoms with van der Waals surface area (Å²) in [7, 11) is 1.91. The van der Waals surface area contributed by atoms with Gasteiger partial charge in [0.2, 0.25) is 0 Å². The second-order valence-electron chi connectivity index (χ2n) is 5.09. The molecular weight excluding hydrogens is 284 g/mol. The third-order valence-corrected chi connectivity index (χ3v) is 4.09. The van der Waals surface area contributed by atoms with Crippen LogP contribution < -0.4 is 10.2 Å². The Morgan fingerprint density at radius 1 is 1.10 bits per heavy atom. The molecule has 1 heterocycles. The van der Waals surface area contributed by atoms with Crippen LogP contribution in [0.4, 0.5) is 5.82 Å². The van der Waals surface area contributed by atoms with Crippen molar-refractivity contribution in [2.24, 2.45) is 0 Å². The van der Waals surface area contributed by atoms with Crippen LogP contribution >= 0.6 is 11.6 Å². The molecule has 21 heavy (non-hydrogen) atoms. The van der Waals surface area contributed by atoms with Gasteiger partial charge in [-0.2, -0.15) is 0 Å². The largest absolute Gasteiger partial charge is 0.357 e. The first kappa shape index (κ1) is 18.2. The maximum Gasteiger partial charge on any atom is 0.128 e. The summed E-state index contributed by atoms with van der Waals surface area (Å²) in [5.74, 6) is 1.02. The highest BCUT2D eigenvalue weighted by Gasteiger charge is 2.09. The van der Waals surface area contributed by atoms with Crippen molar-refractivity contribution >= 4 is 17.4 Å². The fourth-order valence-corrected chi connectivity index (χ4v) is 2.57. The molecule has 0 aliphatic rings. The van der Waals surface area contributed by atoms with E-state index in [1.165, 1.54) is 0 Å². The average molecular weight is 313 g/mol. The number of anilines is 1. The van der Waals surface area contributed by atoms with E-state index in [2.05, 4.69) is 40.9 Å². The minimum atomic E-state index is 0.698. The van der Waals surface area contributed by atoms with Gasteiger partial charge in [-0.1, -0.05) is 25.4 Å². The summed E-state index contributed by atoms with van der Waals surface area (Å²) in [6.45, 7) is 12.7. The first-order valence-electron chi connectivity index (χ1n) is 7.93. The van der Waals surface area contributed by atoms with Crippen LogP contribution in [0.25, 0.3) is 0 Å². The first-order valence-corrected chi connectivity index (χ1v) is 8.31. The van der Waals surface area contributed by atoms with Gasteiger partial charge in [-0.15, -0.1) is 0 Å². The predicted molar refractivity (Wildman–Crippen MR) is 92.3 cm³/mol. The molecule has 0 bridgehead atoms. The molecule has 5 heteroatoms. The zero-order valence-electron chi connectivity index (χ0n) is 13.8. The minimum Gasteiger partial charge on any atom is -0.357 e. The summed E-state index contributed by atoms with van der Waals surface area (Å²) in [5, 5.41) is 3.84. The molecule has 0 fully saturated rings. The normalized spacial score (nSPS) is 11.1. The van der Waals surface area contributed by atoms with Crippen molar-refractivity contribution in [1.82, 2.24) is 15.2 Å². The molecule has 1 aromatic heterocycles. The highest BCUT2D eigenvalue weighted by Crippen LogP contribution is 2.19. The fraction of sp³-hybridized carbons (Fsp3) is 0.688. The van der Waals surface area contributed by atoms with Crippen LogP contribution in [0, 0.1) is 0 Å². The molecule has 0 aliphatic heterocycles. The van der Waals surface area contributed by atoms with Crippen LogP contribution in [0.2, 0.25) is 5.02 Å². The van der Waals surface area contributed by atoms with E-state index in [-0.39, 0.29) is 0 Å². The Bertz CT molecular complexity index is 407. The Hall–Kier alpha value is -0.840. The molecule has 120 valence electrons. The lowest BCUT2D eigenvalue weighted by atomic mass is 10.3. The monoisotopic (exact) mass is 312 g/mol. The van der Waals surface area contributed by atoms with Crippen LogP contribution in [0.3, 0.4) is 0 Å². The van der Waals surface area contributed by atoms with Crippen molar-refractivity contribution in [3.05, 3.63) is 22.8 Å². The number of pyridine rings is 1. The van der Waals surface area contributed by atoms with Gasteiger partial charge in [0.05, 0.1) is 10.7 Å². The lowest BCUT2D eigenvalue weighted by Gasteiger charge is -2.25. The standard InChI is InChI=1S/C16H29ClN4/c1-5-20(6-2)11-8-12-21(7-3)16-10-9-14(17)15(19-16)13-18-4/h9-10,18H,5-8,11-13H2,1-4H3. The van der Waals surface area contributed by atoms with E-state index in [0.717, 1.165) is 55.7 Å². The lowest BCUT2D eigenvalue weighted by molar-refractivity contribution is 0.300. The fourth-order valence-electron chi connectivity index (χ4n) is 2.40. The zero-order valence-corrected chi connectivity index (χ0v) is 14.6. The van der Waals surface area contributed by atoms with Gasteiger partial charge in [-0.25, -0.2) is 4.98 Å². The van der Waals surface area contributed by atoms with Gasteiger partial charge in [0.15, 0.2) is 0 Å². The van der Waals surface area contributed by atoms with E-state index >= 15 is 0 Å². The summed E-state index contributed by atoms with van der Waals surface area (Å²) >= 11 is 6.18. The number of aromatic nitrogens is 1.